The Morgan fingerprint density at radius 2 is 1.94 bits per heavy atom. The fraction of sp³-hybridized carbons (Fsp3) is 0.429. The Balaban J connectivity index is 2.63. The Bertz CT molecular complexity index is 318. The molecule has 0 aliphatic rings. The van der Waals surface area contributed by atoms with Crippen LogP contribution in [0, 0.1) is 0 Å². The molecule has 0 aliphatic carbocycles. The van der Waals surface area contributed by atoms with Crippen molar-refractivity contribution in [3.05, 3.63) is 42.5 Å². The van der Waals surface area contributed by atoms with Crippen LogP contribution in [0.15, 0.2) is 41.8 Å². The molecule has 0 aliphatic heterocycles. The Kier molecular flexibility index (Phi) is 5.64. The highest BCUT2D eigenvalue weighted by molar-refractivity contribution is 8.00. The maximum absolute atomic E-state index is 3.80. The first-order valence-corrected chi connectivity index (χ1v) is 6.68. The van der Waals surface area contributed by atoms with Gasteiger partial charge < -0.3 is 5.32 Å². The smallest absolute Gasteiger partial charge is 0.0291 e. The first kappa shape index (κ1) is 13.3. The molecule has 0 amide bonds. The molecular formula is C14H21NS. The number of nitrogens with one attached hydrogen (secondary N) is 1. The predicted molar refractivity (Wildman–Crippen MR) is 74.0 cm³/mol. The van der Waals surface area contributed by atoms with Crippen molar-refractivity contribution in [1.29, 1.82) is 0 Å². The summed E-state index contributed by atoms with van der Waals surface area (Å²) in [4.78, 5) is 1.31. The monoisotopic (exact) mass is 235 g/mol. The second-order valence-corrected chi connectivity index (χ2v) is 5.36. The molecule has 0 aromatic heterocycles. The molecule has 88 valence electrons. The minimum atomic E-state index is 0.431. The summed E-state index contributed by atoms with van der Waals surface area (Å²) in [5.74, 6) is 0. The molecule has 1 nitrogen and oxygen atoms in total. The van der Waals surface area contributed by atoms with E-state index in [1.165, 1.54) is 10.5 Å². The summed E-state index contributed by atoms with van der Waals surface area (Å²) in [5.41, 5.74) is 1.34. The lowest BCUT2D eigenvalue weighted by Crippen LogP contribution is -2.17. The topological polar surface area (TPSA) is 12.0 Å². The van der Waals surface area contributed by atoms with Crippen molar-refractivity contribution in [1.82, 2.24) is 5.32 Å². The van der Waals surface area contributed by atoms with Gasteiger partial charge in [-0.2, -0.15) is 0 Å². The van der Waals surface area contributed by atoms with Crippen molar-refractivity contribution in [2.75, 3.05) is 6.54 Å². The Labute approximate surface area is 103 Å². The number of hydrogen-bond acceptors (Lipinski definition) is 2. The Hall–Kier alpha value is -0.730. The largest absolute Gasteiger partial charge is 0.310 e. The van der Waals surface area contributed by atoms with Gasteiger partial charge in [-0.25, -0.2) is 0 Å². The Morgan fingerprint density at radius 1 is 1.31 bits per heavy atom. The van der Waals surface area contributed by atoms with E-state index in [9.17, 15) is 0 Å². The van der Waals surface area contributed by atoms with Crippen molar-refractivity contribution in [3.8, 4) is 0 Å². The van der Waals surface area contributed by atoms with Gasteiger partial charge in [0.15, 0.2) is 0 Å². The lowest BCUT2D eigenvalue weighted by Gasteiger charge is -2.13. The third kappa shape index (κ3) is 4.03. The first-order valence-electron chi connectivity index (χ1n) is 5.80. The van der Waals surface area contributed by atoms with E-state index in [1.54, 1.807) is 0 Å². The van der Waals surface area contributed by atoms with Gasteiger partial charge in [0, 0.05) is 16.2 Å². The highest BCUT2D eigenvalue weighted by Crippen LogP contribution is 2.25. The summed E-state index contributed by atoms with van der Waals surface area (Å²) >= 11 is 1.84. The highest BCUT2D eigenvalue weighted by atomic mass is 32.2. The summed E-state index contributed by atoms with van der Waals surface area (Å²) in [6.07, 6.45) is 1.97. The maximum atomic E-state index is 3.80. The molecule has 2 atom stereocenters. The average Bonchev–Trinajstić information content (AvgIpc) is 2.30. The van der Waals surface area contributed by atoms with E-state index >= 15 is 0 Å². The minimum Gasteiger partial charge on any atom is -0.310 e. The van der Waals surface area contributed by atoms with Crippen LogP contribution in [0.4, 0.5) is 0 Å². The van der Waals surface area contributed by atoms with Gasteiger partial charge in [0.25, 0.3) is 0 Å². The Morgan fingerprint density at radius 3 is 2.44 bits per heavy atom. The van der Waals surface area contributed by atoms with E-state index in [1.807, 2.05) is 17.8 Å². The molecular weight excluding hydrogens is 214 g/mol. The molecule has 1 rings (SSSR count). The van der Waals surface area contributed by atoms with Gasteiger partial charge in [-0.05, 0) is 38.1 Å². The van der Waals surface area contributed by atoms with Crippen molar-refractivity contribution >= 4 is 11.8 Å². The second kappa shape index (κ2) is 6.77. The SMILES string of the molecule is C=CC(C)Sc1ccc(C(C)NCC)cc1. The van der Waals surface area contributed by atoms with Crippen LogP contribution in [0.1, 0.15) is 32.4 Å². The lowest BCUT2D eigenvalue weighted by molar-refractivity contribution is 0.598. The van der Waals surface area contributed by atoms with E-state index in [-0.39, 0.29) is 0 Å². The van der Waals surface area contributed by atoms with E-state index in [0.717, 1.165) is 6.54 Å². The van der Waals surface area contributed by atoms with E-state index in [2.05, 4.69) is 56.9 Å². The van der Waals surface area contributed by atoms with Crippen LogP contribution in [-0.2, 0) is 0 Å². The van der Waals surface area contributed by atoms with E-state index in [4.69, 9.17) is 0 Å². The standard InChI is InChI=1S/C14H21NS/c1-5-11(3)16-14-9-7-13(8-10-14)12(4)15-6-2/h5,7-12,15H,1,6H2,2-4H3. The van der Waals surface area contributed by atoms with Gasteiger partial charge in [0.2, 0.25) is 0 Å². The molecule has 1 N–H and O–H groups in total. The van der Waals surface area contributed by atoms with Crippen molar-refractivity contribution in [3.63, 3.8) is 0 Å². The zero-order valence-electron chi connectivity index (χ0n) is 10.4. The van der Waals surface area contributed by atoms with Crippen LogP contribution >= 0.6 is 11.8 Å². The van der Waals surface area contributed by atoms with Gasteiger partial charge in [-0.3, -0.25) is 0 Å². The van der Waals surface area contributed by atoms with Gasteiger partial charge in [0.1, 0.15) is 0 Å². The van der Waals surface area contributed by atoms with Crippen molar-refractivity contribution in [2.24, 2.45) is 0 Å². The molecule has 0 heterocycles. The van der Waals surface area contributed by atoms with Crippen LogP contribution in [-0.4, -0.2) is 11.8 Å². The van der Waals surface area contributed by atoms with E-state index < -0.39 is 0 Å². The molecule has 0 bridgehead atoms. The molecule has 1 aromatic carbocycles. The molecule has 0 radical (unpaired) electrons. The van der Waals surface area contributed by atoms with Crippen molar-refractivity contribution < 1.29 is 0 Å². The lowest BCUT2D eigenvalue weighted by atomic mass is 10.1. The molecule has 1 aromatic rings. The summed E-state index contributed by atoms with van der Waals surface area (Å²) in [7, 11) is 0. The molecule has 0 saturated carbocycles. The van der Waals surface area contributed by atoms with E-state index in [0.29, 0.717) is 11.3 Å². The first-order chi connectivity index (χ1) is 7.67. The summed E-state index contributed by atoms with van der Waals surface area (Å²) in [5, 5.41) is 3.88. The molecule has 0 spiro atoms. The number of benzene rings is 1. The third-order valence-electron chi connectivity index (χ3n) is 2.54. The quantitative estimate of drug-likeness (QED) is 0.590. The molecule has 0 fully saturated rings. The normalized spacial score (nSPS) is 14.4. The summed E-state index contributed by atoms with van der Waals surface area (Å²) in [6, 6.07) is 9.21. The minimum absolute atomic E-state index is 0.431. The number of rotatable bonds is 6. The van der Waals surface area contributed by atoms with Gasteiger partial charge in [-0.1, -0.05) is 25.1 Å². The van der Waals surface area contributed by atoms with Gasteiger partial charge in [0.05, 0.1) is 0 Å². The predicted octanol–water partition coefficient (Wildman–Crippen LogP) is 4.02. The van der Waals surface area contributed by atoms with Crippen LogP contribution in [0.3, 0.4) is 0 Å². The van der Waals surface area contributed by atoms with Crippen LogP contribution < -0.4 is 5.32 Å². The number of thioether (sulfide) groups is 1. The van der Waals surface area contributed by atoms with Crippen molar-refractivity contribution in [2.45, 2.75) is 37.0 Å². The number of hydrogen-bond donors (Lipinski definition) is 1. The second-order valence-electron chi connectivity index (χ2n) is 3.91. The summed E-state index contributed by atoms with van der Waals surface area (Å²) in [6.45, 7) is 11.3. The summed E-state index contributed by atoms with van der Waals surface area (Å²) < 4.78 is 0. The van der Waals surface area contributed by atoms with Crippen LogP contribution in [0.25, 0.3) is 0 Å². The third-order valence-corrected chi connectivity index (χ3v) is 3.65. The average molecular weight is 235 g/mol. The van der Waals surface area contributed by atoms with Crippen LogP contribution in [0.2, 0.25) is 0 Å². The van der Waals surface area contributed by atoms with Gasteiger partial charge >= 0.3 is 0 Å². The van der Waals surface area contributed by atoms with Crippen LogP contribution in [0.5, 0.6) is 0 Å². The highest BCUT2D eigenvalue weighted by Gasteiger charge is 2.04. The molecule has 0 saturated heterocycles. The zero-order chi connectivity index (χ0) is 12.0. The maximum Gasteiger partial charge on any atom is 0.0291 e. The van der Waals surface area contributed by atoms with Gasteiger partial charge in [-0.15, -0.1) is 18.3 Å². The zero-order valence-corrected chi connectivity index (χ0v) is 11.2. The molecule has 16 heavy (non-hydrogen) atoms. The molecule has 2 heteroatoms. The fourth-order valence-electron chi connectivity index (χ4n) is 1.52. The fourth-order valence-corrected chi connectivity index (χ4v) is 2.34. The molecule has 2 unspecified atom stereocenters.